The van der Waals surface area contributed by atoms with Crippen LogP contribution in [0.4, 0.5) is 0 Å². The van der Waals surface area contributed by atoms with Gasteiger partial charge in [-0.3, -0.25) is 4.99 Å². The van der Waals surface area contributed by atoms with E-state index in [2.05, 4.69) is 53.5 Å². The van der Waals surface area contributed by atoms with Gasteiger partial charge in [-0.1, -0.05) is 20.8 Å². The quantitative estimate of drug-likeness (QED) is 0.435. The normalized spacial score (nSPS) is 13.5. The van der Waals surface area contributed by atoms with Crippen LogP contribution in [0, 0.1) is 12.3 Å². The van der Waals surface area contributed by atoms with Crippen molar-refractivity contribution < 1.29 is 0 Å². The van der Waals surface area contributed by atoms with E-state index in [0.717, 1.165) is 24.0 Å². The summed E-state index contributed by atoms with van der Waals surface area (Å²) < 4.78 is 1.98. The highest BCUT2D eigenvalue weighted by Crippen LogP contribution is 2.21. The molecule has 7 heteroatoms. The third-order valence-electron chi connectivity index (χ3n) is 3.53. The Morgan fingerprint density at radius 1 is 1.32 bits per heavy atom. The summed E-state index contributed by atoms with van der Waals surface area (Å²) in [5, 5.41) is 14.9. The van der Waals surface area contributed by atoms with Crippen LogP contribution in [0.15, 0.2) is 4.99 Å². The monoisotopic (exact) mass is 422 g/mol. The minimum Gasteiger partial charge on any atom is -0.354 e. The molecule has 0 spiro atoms. The Labute approximate surface area is 151 Å². The van der Waals surface area contributed by atoms with Crippen LogP contribution in [0.3, 0.4) is 0 Å². The molecule has 0 saturated carbocycles. The van der Waals surface area contributed by atoms with Gasteiger partial charge in [-0.15, -0.1) is 34.2 Å². The van der Waals surface area contributed by atoms with Crippen molar-refractivity contribution in [2.24, 2.45) is 17.5 Å². The van der Waals surface area contributed by atoms with Crippen molar-refractivity contribution in [3.8, 4) is 0 Å². The van der Waals surface area contributed by atoms with E-state index in [1.165, 1.54) is 6.42 Å². The molecule has 1 aromatic rings. The van der Waals surface area contributed by atoms with Crippen molar-refractivity contribution in [2.75, 3.05) is 7.05 Å². The molecule has 22 heavy (non-hydrogen) atoms. The molecule has 0 saturated heterocycles. The van der Waals surface area contributed by atoms with Crippen LogP contribution in [0.2, 0.25) is 0 Å². The van der Waals surface area contributed by atoms with Crippen molar-refractivity contribution in [3.63, 3.8) is 0 Å². The summed E-state index contributed by atoms with van der Waals surface area (Å²) in [7, 11) is 3.75. The maximum atomic E-state index is 4.26. The predicted molar refractivity (Wildman–Crippen MR) is 103 cm³/mol. The highest BCUT2D eigenvalue weighted by atomic mass is 127. The van der Waals surface area contributed by atoms with Gasteiger partial charge in [-0.2, -0.15) is 0 Å². The number of halogens is 1. The van der Waals surface area contributed by atoms with Crippen LogP contribution in [0.25, 0.3) is 0 Å². The Morgan fingerprint density at radius 3 is 2.41 bits per heavy atom. The first kappa shape index (κ1) is 21.1. The third-order valence-corrected chi connectivity index (χ3v) is 3.53. The summed E-state index contributed by atoms with van der Waals surface area (Å²) in [6.07, 6.45) is 2.30. The second-order valence-electron chi connectivity index (χ2n) is 6.79. The number of hydrogen-bond acceptors (Lipinski definition) is 3. The minimum atomic E-state index is 0. The molecule has 1 unspecified atom stereocenters. The van der Waals surface area contributed by atoms with Crippen molar-refractivity contribution in [1.82, 2.24) is 25.4 Å². The lowest BCUT2D eigenvalue weighted by Gasteiger charge is -2.23. The summed E-state index contributed by atoms with van der Waals surface area (Å²) in [5.74, 6) is 2.61. The number of aromatic nitrogens is 3. The Hall–Kier alpha value is -0.860. The van der Waals surface area contributed by atoms with E-state index in [-0.39, 0.29) is 24.0 Å². The number of nitrogens with one attached hydrogen (secondary N) is 2. The van der Waals surface area contributed by atoms with Crippen LogP contribution in [-0.4, -0.2) is 33.8 Å². The average Bonchev–Trinajstić information content (AvgIpc) is 2.72. The van der Waals surface area contributed by atoms with Gasteiger partial charge in [0, 0.05) is 20.1 Å². The standard InChI is InChI=1S/C15H30N6.HI/c1-11(8-9-15(3,4)5)18-14(16-6)17-10-13-20-19-12(2)21(13)7;/h11H,8-10H2,1-7H3,(H2,16,17,18);1H. The van der Waals surface area contributed by atoms with Gasteiger partial charge < -0.3 is 15.2 Å². The lowest BCUT2D eigenvalue weighted by atomic mass is 9.89. The zero-order chi connectivity index (χ0) is 16.0. The molecular formula is C15H31IN6. The van der Waals surface area contributed by atoms with E-state index in [1.54, 1.807) is 7.05 Å². The third kappa shape index (κ3) is 7.42. The molecule has 0 bridgehead atoms. The number of aryl methyl sites for hydroxylation is 1. The highest BCUT2D eigenvalue weighted by Gasteiger charge is 2.13. The number of nitrogens with zero attached hydrogens (tertiary/aromatic N) is 4. The summed E-state index contributed by atoms with van der Waals surface area (Å²) in [6.45, 7) is 11.5. The summed E-state index contributed by atoms with van der Waals surface area (Å²) in [4.78, 5) is 4.26. The van der Waals surface area contributed by atoms with E-state index >= 15 is 0 Å². The Kier molecular flexibility index (Phi) is 8.95. The van der Waals surface area contributed by atoms with Gasteiger partial charge >= 0.3 is 0 Å². The topological polar surface area (TPSA) is 67.1 Å². The number of guanidine groups is 1. The van der Waals surface area contributed by atoms with Gasteiger partial charge in [0.2, 0.25) is 0 Å². The molecule has 6 nitrogen and oxygen atoms in total. The summed E-state index contributed by atoms with van der Waals surface area (Å²) in [6, 6.07) is 0.386. The fraction of sp³-hybridized carbons (Fsp3) is 0.800. The first-order valence-electron chi connectivity index (χ1n) is 7.55. The van der Waals surface area contributed by atoms with E-state index in [9.17, 15) is 0 Å². The molecule has 1 heterocycles. The van der Waals surface area contributed by atoms with Crippen LogP contribution < -0.4 is 10.6 Å². The van der Waals surface area contributed by atoms with Crippen molar-refractivity contribution in [1.29, 1.82) is 0 Å². The highest BCUT2D eigenvalue weighted by molar-refractivity contribution is 14.0. The lowest BCUT2D eigenvalue weighted by molar-refractivity contribution is 0.346. The van der Waals surface area contributed by atoms with E-state index in [0.29, 0.717) is 18.0 Å². The zero-order valence-corrected chi connectivity index (χ0v) is 17.2. The number of rotatable bonds is 5. The lowest BCUT2D eigenvalue weighted by Crippen LogP contribution is -2.42. The molecule has 0 radical (unpaired) electrons. The molecule has 0 aliphatic heterocycles. The molecule has 128 valence electrons. The average molecular weight is 422 g/mol. The van der Waals surface area contributed by atoms with Crippen LogP contribution in [0.5, 0.6) is 0 Å². The van der Waals surface area contributed by atoms with Crippen molar-refractivity contribution in [3.05, 3.63) is 11.6 Å². The Bertz CT molecular complexity index is 475. The van der Waals surface area contributed by atoms with Gasteiger partial charge in [0.25, 0.3) is 0 Å². The molecule has 1 aromatic heterocycles. The SMILES string of the molecule is CN=C(NCc1nnc(C)n1C)NC(C)CCC(C)(C)C.I. The predicted octanol–water partition coefficient (Wildman–Crippen LogP) is 2.62. The fourth-order valence-corrected chi connectivity index (χ4v) is 1.92. The first-order valence-corrected chi connectivity index (χ1v) is 7.55. The van der Waals surface area contributed by atoms with Gasteiger partial charge in [0.1, 0.15) is 5.82 Å². The second kappa shape index (κ2) is 9.32. The summed E-state index contributed by atoms with van der Waals surface area (Å²) in [5.41, 5.74) is 0.364. The fourth-order valence-electron chi connectivity index (χ4n) is 1.92. The number of hydrogen-bond donors (Lipinski definition) is 2. The Morgan fingerprint density at radius 2 is 1.95 bits per heavy atom. The zero-order valence-electron chi connectivity index (χ0n) is 14.9. The summed E-state index contributed by atoms with van der Waals surface area (Å²) >= 11 is 0. The molecule has 0 amide bonds. The molecule has 0 aliphatic carbocycles. The van der Waals surface area contributed by atoms with E-state index < -0.39 is 0 Å². The van der Waals surface area contributed by atoms with Crippen molar-refractivity contribution in [2.45, 2.75) is 60.0 Å². The maximum Gasteiger partial charge on any atom is 0.191 e. The first-order chi connectivity index (χ1) is 9.73. The molecular weight excluding hydrogens is 391 g/mol. The van der Waals surface area contributed by atoms with Gasteiger partial charge in [0.05, 0.1) is 6.54 Å². The van der Waals surface area contributed by atoms with E-state index in [4.69, 9.17) is 0 Å². The van der Waals surface area contributed by atoms with Crippen molar-refractivity contribution >= 4 is 29.9 Å². The molecule has 0 fully saturated rings. The van der Waals surface area contributed by atoms with Gasteiger partial charge in [0.15, 0.2) is 11.8 Å². The smallest absolute Gasteiger partial charge is 0.191 e. The van der Waals surface area contributed by atoms with E-state index in [1.807, 2.05) is 18.5 Å². The van der Waals surface area contributed by atoms with Crippen LogP contribution in [-0.2, 0) is 13.6 Å². The molecule has 0 aromatic carbocycles. The second-order valence-corrected chi connectivity index (χ2v) is 6.79. The Balaban J connectivity index is 0.00000441. The molecule has 1 rings (SSSR count). The molecule has 2 N–H and O–H groups in total. The minimum absolute atomic E-state index is 0. The van der Waals surface area contributed by atoms with Crippen LogP contribution >= 0.6 is 24.0 Å². The van der Waals surface area contributed by atoms with Gasteiger partial charge in [-0.25, -0.2) is 0 Å². The number of aliphatic imine (C=N–C) groups is 1. The van der Waals surface area contributed by atoms with Gasteiger partial charge in [-0.05, 0) is 32.1 Å². The maximum absolute atomic E-state index is 4.26. The largest absolute Gasteiger partial charge is 0.354 e. The molecule has 1 atom stereocenters. The van der Waals surface area contributed by atoms with Crippen LogP contribution in [0.1, 0.15) is 52.2 Å². The molecule has 0 aliphatic rings.